The van der Waals surface area contributed by atoms with Crippen LogP contribution in [0.15, 0.2) is 91.0 Å². The Kier molecular flexibility index (Phi) is 19.0. The quantitative estimate of drug-likeness (QED) is 0.0230. The van der Waals surface area contributed by atoms with Gasteiger partial charge in [0.15, 0.2) is 17.3 Å². The van der Waals surface area contributed by atoms with Crippen LogP contribution in [0.2, 0.25) is 0 Å². The van der Waals surface area contributed by atoms with Crippen LogP contribution in [0.4, 0.5) is 28.4 Å². The van der Waals surface area contributed by atoms with Crippen molar-refractivity contribution in [1.29, 1.82) is 0 Å². The molecule has 0 saturated heterocycles. The van der Waals surface area contributed by atoms with Crippen molar-refractivity contribution < 1.29 is 50.8 Å². The number of nitrogens with zero attached hydrogens (tertiary/aromatic N) is 4. The summed E-state index contributed by atoms with van der Waals surface area (Å²) in [6.07, 6.45) is 3.56. The van der Waals surface area contributed by atoms with Crippen LogP contribution in [0.5, 0.6) is 17.2 Å². The second-order valence-corrected chi connectivity index (χ2v) is 26.8. The first-order chi connectivity index (χ1) is 38.9. The molecule has 3 atom stereocenters. The summed E-state index contributed by atoms with van der Waals surface area (Å²) in [5.74, 6) is 1.17. The molecule has 4 heterocycles. The number of ketones is 1. The van der Waals surface area contributed by atoms with Crippen molar-refractivity contribution in [2.75, 3.05) is 85.2 Å². The van der Waals surface area contributed by atoms with Crippen LogP contribution in [0, 0.1) is 6.92 Å². The zero-order valence-corrected chi connectivity index (χ0v) is 50.0. The SMILES string of the molecule is CCNOCCCCC(=O)C(CCSSC(C)(C)CCC(=O)Nc1cc(COc2cc3c(cc2C)C(=O)N2c4ccccc4C[C@H]2CN3C)cc(COc2cc3c(cc2OC)C(=O)N2c4ccccc4C[C@H]2CN3C)c1)S(=O)(=O)OC. The molecule has 5 aromatic rings. The summed E-state index contributed by atoms with van der Waals surface area (Å²) in [7, 11) is 5.56. The van der Waals surface area contributed by atoms with Gasteiger partial charge >= 0.3 is 0 Å². The second-order valence-electron chi connectivity index (χ2n) is 21.8. The van der Waals surface area contributed by atoms with Crippen molar-refractivity contribution >= 4 is 83.6 Å². The number of Topliss-reactive ketones (excluding diaryl/α,β-unsaturated/α-hetero) is 1. The maximum absolute atomic E-state index is 14.3. The van der Waals surface area contributed by atoms with Gasteiger partial charge < -0.3 is 44.0 Å². The molecule has 81 heavy (non-hydrogen) atoms. The van der Waals surface area contributed by atoms with Gasteiger partial charge in [-0.25, -0.2) is 5.48 Å². The summed E-state index contributed by atoms with van der Waals surface area (Å²) >= 11 is 0. The number of amides is 3. The van der Waals surface area contributed by atoms with Gasteiger partial charge in [0, 0.05) is 86.3 Å². The number of unbranched alkanes of at least 4 members (excludes halogenated alkanes) is 1. The molecule has 17 nitrogen and oxygen atoms in total. The maximum Gasteiger partial charge on any atom is 0.277 e. The molecule has 0 bridgehead atoms. The molecule has 0 fully saturated rings. The number of hydroxylamine groups is 1. The molecule has 2 N–H and O–H groups in total. The highest BCUT2D eigenvalue weighted by Crippen LogP contribution is 2.44. The third-order valence-electron chi connectivity index (χ3n) is 15.3. The van der Waals surface area contributed by atoms with Gasteiger partial charge in [0.25, 0.3) is 21.9 Å². The van der Waals surface area contributed by atoms with Crippen molar-refractivity contribution in [3.63, 3.8) is 0 Å². The number of benzene rings is 5. The number of aryl methyl sites for hydroxylation is 1. The Labute approximate surface area is 484 Å². The summed E-state index contributed by atoms with van der Waals surface area (Å²) in [6, 6.07) is 29.3. The minimum absolute atomic E-state index is 0.00443. The van der Waals surface area contributed by atoms with Gasteiger partial charge in [-0.15, -0.1) is 0 Å². The maximum atomic E-state index is 14.3. The number of anilines is 5. The van der Waals surface area contributed by atoms with Gasteiger partial charge in [-0.1, -0.05) is 64.9 Å². The number of nitrogens with one attached hydrogen (secondary N) is 2. The van der Waals surface area contributed by atoms with E-state index in [1.54, 1.807) is 24.0 Å². The summed E-state index contributed by atoms with van der Waals surface area (Å²) < 4.78 is 49.1. The second kappa shape index (κ2) is 25.9. The van der Waals surface area contributed by atoms with E-state index < -0.39 is 15.4 Å². The number of para-hydroxylation sites is 2. The highest BCUT2D eigenvalue weighted by Gasteiger charge is 2.41. The Morgan fingerprint density at radius 3 is 1.91 bits per heavy atom. The zero-order chi connectivity index (χ0) is 57.6. The fourth-order valence-corrected chi connectivity index (χ4v) is 15.1. The fourth-order valence-electron chi connectivity index (χ4n) is 11.2. The van der Waals surface area contributed by atoms with Crippen LogP contribution < -0.4 is 44.6 Å². The number of methoxy groups -OCH3 is 1. The van der Waals surface area contributed by atoms with Crippen LogP contribution in [-0.2, 0) is 54.8 Å². The molecule has 0 spiro atoms. The van der Waals surface area contributed by atoms with Gasteiger partial charge in [-0.2, -0.15) is 8.42 Å². The molecule has 0 aromatic heterocycles. The molecule has 3 amide bonds. The molecule has 4 aliphatic rings. The molecule has 20 heteroatoms. The van der Waals surface area contributed by atoms with E-state index >= 15 is 0 Å². The van der Waals surface area contributed by atoms with Crippen LogP contribution in [0.3, 0.4) is 0 Å². The number of ether oxygens (including phenoxy) is 3. The van der Waals surface area contributed by atoms with E-state index in [-0.39, 0.29) is 72.8 Å². The topological polar surface area (TPSA) is 186 Å². The average Bonchev–Trinajstić information content (AvgIpc) is 4.20. The number of hydrogen-bond acceptors (Lipinski definition) is 16. The van der Waals surface area contributed by atoms with Crippen LogP contribution >= 0.6 is 21.6 Å². The van der Waals surface area contributed by atoms with Crippen molar-refractivity contribution in [2.24, 2.45) is 0 Å². The van der Waals surface area contributed by atoms with Crippen LogP contribution in [0.1, 0.15) is 108 Å². The van der Waals surface area contributed by atoms with Crippen LogP contribution in [-0.4, -0.2) is 114 Å². The highest BCUT2D eigenvalue weighted by atomic mass is 33.1. The predicted octanol–water partition coefficient (Wildman–Crippen LogP) is 10.1. The van der Waals surface area contributed by atoms with Gasteiger partial charge in [-0.3, -0.25) is 23.4 Å². The van der Waals surface area contributed by atoms with Crippen molar-refractivity contribution in [3.8, 4) is 17.2 Å². The first-order valence-corrected chi connectivity index (χ1v) is 31.4. The molecule has 4 aliphatic heterocycles. The lowest BCUT2D eigenvalue weighted by molar-refractivity contribution is -0.119. The smallest absolute Gasteiger partial charge is 0.277 e. The third kappa shape index (κ3) is 13.6. The van der Waals surface area contributed by atoms with E-state index in [4.69, 9.17) is 23.2 Å². The average molecular weight is 1160 g/mol. The van der Waals surface area contributed by atoms with Crippen molar-refractivity contribution in [1.82, 2.24) is 5.48 Å². The standard InChI is InChI=1S/C61H74N6O11S3/c1-9-62-78-24-15-14-20-53(68)57(81(72,73)75-8)22-25-79-80-61(3,4)23-21-58(69)63-44-28-40(37-76-54-33-51-47(26-39(54)2)59(70)66-45(35-64(51)5)30-42-16-10-12-18-49(42)66)27-41(29-44)38-77-56-34-52-48(32-55(56)74-7)60(71)67-46(36-65(52)6)31-43-17-11-13-19-50(43)67/h10-13,16-19,26-29,32-34,45-46,57,62H,9,14-15,20-25,30-31,35-38H2,1-8H3,(H,63,69)/t45-,46-,57?/m0/s1. The zero-order valence-electron chi connectivity index (χ0n) is 47.5. The lowest BCUT2D eigenvalue weighted by Crippen LogP contribution is -2.41. The Morgan fingerprint density at radius 1 is 0.741 bits per heavy atom. The number of hydrogen-bond donors (Lipinski definition) is 2. The van der Waals surface area contributed by atoms with E-state index in [2.05, 4.69) is 32.7 Å². The lowest BCUT2D eigenvalue weighted by Gasteiger charge is -2.25. The Bertz CT molecular complexity index is 3270. The number of likely N-dealkylation sites (N-methyl/N-ethyl adjacent to an activating group) is 2. The van der Waals surface area contributed by atoms with Gasteiger partial charge in [0.2, 0.25) is 5.91 Å². The molecule has 432 valence electrons. The molecular weight excluding hydrogens is 1090 g/mol. The third-order valence-corrected chi connectivity index (χ3v) is 20.4. The normalized spacial score (nSPS) is 16.8. The van der Waals surface area contributed by atoms with E-state index in [0.717, 1.165) is 65.0 Å². The number of carbonyl (C=O) groups is 4. The highest BCUT2D eigenvalue weighted by molar-refractivity contribution is 8.77. The Morgan fingerprint density at radius 2 is 1.32 bits per heavy atom. The first-order valence-electron chi connectivity index (χ1n) is 27.7. The predicted molar refractivity (Wildman–Crippen MR) is 322 cm³/mol. The van der Waals surface area contributed by atoms with Gasteiger partial charge in [-0.05, 0) is 130 Å². The summed E-state index contributed by atoms with van der Waals surface area (Å²) in [5.41, 5.74) is 12.5. The van der Waals surface area contributed by atoms with Crippen molar-refractivity contribution in [3.05, 3.63) is 130 Å². The summed E-state index contributed by atoms with van der Waals surface area (Å²) in [4.78, 5) is 68.9. The number of carbonyl (C=O) groups excluding carboxylic acids is 4. The van der Waals surface area contributed by atoms with Gasteiger partial charge in [0.1, 0.15) is 24.2 Å². The molecule has 0 radical (unpaired) electrons. The number of fused-ring (bicyclic) bond motifs is 8. The Balaban J connectivity index is 0.896. The summed E-state index contributed by atoms with van der Waals surface area (Å²) in [6.45, 7) is 10.5. The number of rotatable bonds is 26. The molecular formula is C61H74N6O11S3. The molecule has 0 aliphatic carbocycles. The van der Waals surface area contributed by atoms with E-state index in [1.165, 1.54) is 16.4 Å². The molecule has 9 rings (SSSR count). The molecule has 0 saturated carbocycles. The molecule has 5 aromatic carbocycles. The monoisotopic (exact) mass is 1160 g/mol. The Hall–Kier alpha value is -6.29. The summed E-state index contributed by atoms with van der Waals surface area (Å²) in [5, 5.41) is 1.86. The van der Waals surface area contributed by atoms with E-state index in [9.17, 15) is 27.6 Å². The van der Waals surface area contributed by atoms with E-state index in [1.807, 2.05) is 124 Å². The van der Waals surface area contributed by atoms with Gasteiger partial charge in [0.05, 0.1) is 55.4 Å². The first kappa shape index (κ1) is 59.3. The van der Waals surface area contributed by atoms with Crippen LogP contribution in [0.25, 0.3) is 0 Å². The molecule has 1 unspecified atom stereocenters. The lowest BCUT2D eigenvalue weighted by atomic mass is 10.1. The fraction of sp³-hybridized carbons (Fsp3) is 0.443. The van der Waals surface area contributed by atoms with E-state index in [0.29, 0.717) is 85.3 Å². The largest absolute Gasteiger partial charge is 0.493 e. The minimum atomic E-state index is -4.08. The van der Waals surface area contributed by atoms with Crippen molar-refractivity contribution in [2.45, 2.75) is 114 Å². The minimum Gasteiger partial charge on any atom is -0.493 e.